The van der Waals surface area contributed by atoms with Crippen LogP contribution < -0.4 is 11.1 Å². The zero-order valence-corrected chi connectivity index (χ0v) is 12.1. The molecular formula is C12H9ClIN3O. The molecule has 1 aromatic carbocycles. The smallest absolute Gasteiger partial charge is 0.255 e. The van der Waals surface area contributed by atoms with E-state index in [9.17, 15) is 4.79 Å². The summed E-state index contributed by atoms with van der Waals surface area (Å²) in [5.41, 5.74) is 6.55. The van der Waals surface area contributed by atoms with Crippen molar-refractivity contribution in [2.45, 2.75) is 0 Å². The van der Waals surface area contributed by atoms with E-state index in [1.807, 2.05) is 0 Å². The van der Waals surface area contributed by atoms with E-state index in [2.05, 4.69) is 32.9 Å². The van der Waals surface area contributed by atoms with E-state index in [1.165, 1.54) is 6.20 Å². The maximum absolute atomic E-state index is 11.9. The molecule has 0 radical (unpaired) electrons. The average molecular weight is 374 g/mol. The van der Waals surface area contributed by atoms with E-state index >= 15 is 0 Å². The van der Waals surface area contributed by atoms with Crippen molar-refractivity contribution in [3.05, 3.63) is 50.7 Å². The summed E-state index contributed by atoms with van der Waals surface area (Å²) in [4.78, 5) is 15.8. The summed E-state index contributed by atoms with van der Waals surface area (Å²) in [5, 5.41) is 3.27. The Morgan fingerprint density at radius 2 is 2.11 bits per heavy atom. The maximum atomic E-state index is 11.9. The van der Waals surface area contributed by atoms with Gasteiger partial charge in [0.15, 0.2) is 0 Å². The van der Waals surface area contributed by atoms with Crippen LogP contribution in [0.3, 0.4) is 0 Å². The number of benzene rings is 1. The third kappa shape index (κ3) is 3.11. The fourth-order valence-electron chi connectivity index (χ4n) is 1.32. The number of aromatic nitrogens is 1. The lowest BCUT2D eigenvalue weighted by atomic mass is 10.2. The van der Waals surface area contributed by atoms with E-state index in [4.69, 9.17) is 17.3 Å². The SMILES string of the molecule is Nc1ccc(NC(=O)c2ccc(I)c(Cl)c2)cn1. The second kappa shape index (κ2) is 5.53. The third-order valence-corrected chi connectivity index (χ3v) is 3.80. The first-order valence-electron chi connectivity index (χ1n) is 5.04. The summed E-state index contributed by atoms with van der Waals surface area (Å²) >= 11 is 8.07. The number of rotatable bonds is 2. The second-order valence-electron chi connectivity index (χ2n) is 3.55. The van der Waals surface area contributed by atoms with Crippen molar-refractivity contribution in [3.8, 4) is 0 Å². The van der Waals surface area contributed by atoms with Crippen LogP contribution in [0.15, 0.2) is 36.5 Å². The number of carbonyl (C=O) groups is 1. The molecule has 0 atom stereocenters. The van der Waals surface area contributed by atoms with E-state index < -0.39 is 0 Å². The van der Waals surface area contributed by atoms with Crippen LogP contribution in [-0.2, 0) is 0 Å². The first-order chi connectivity index (χ1) is 8.56. The van der Waals surface area contributed by atoms with Crippen molar-refractivity contribution in [3.63, 3.8) is 0 Å². The summed E-state index contributed by atoms with van der Waals surface area (Å²) < 4.78 is 0.903. The molecule has 0 fully saturated rings. The highest BCUT2D eigenvalue weighted by Gasteiger charge is 2.08. The van der Waals surface area contributed by atoms with Crippen molar-refractivity contribution in [2.75, 3.05) is 11.1 Å². The van der Waals surface area contributed by atoms with Crippen molar-refractivity contribution >= 4 is 51.6 Å². The Hall–Kier alpha value is -1.34. The number of nitrogen functional groups attached to an aromatic ring is 1. The van der Waals surface area contributed by atoms with E-state index in [0.29, 0.717) is 22.1 Å². The van der Waals surface area contributed by atoms with Crippen LogP contribution in [0.5, 0.6) is 0 Å². The van der Waals surface area contributed by atoms with Crippen LogP contribution >= 0.6 is 34.2 Å². The zero-order chi connectivity index (χ0) is 13.1. The van der Waals surface area contributed by atoms with Gasteiger partial charge in [-0.25, -0.2) is 4.98 Å². The molecule has 0 aliphatic carbocycles. The van der Waals surface area contributed by atoms with Gasteiger partial charge in [-0.1, -0.05) is 11.6 Å². The first kappa shape index (κ1) is 13.1. The largest absolute Gasteiger partial charge is 0.384 e. The Bertz CT molecular complexity index is 586. The normalized spacial score (nSPS) is 10.1. The average Bonchev–Trinajstić information content (AvgIpc) is 2.35. The minimum atomic E-state index is -0.236. The van der Waals surface area contributed by atoms with Gasteiger partial charge in [0.2, 0.25) is 0 Å². The third-order valence-electron chi connectivity index (χ3n) is 2.23. The molecule has 0 saturated heterocycles. The highest BCUT2D eigenvalue weighted by atomic mass is 127. The molecule has 4 nitrogen and oxygen atoms in total. The molecule has 6 heteroatoms. The summed E-state index contributed by atoms with van der Waals surface area (Å²) in [6.45, 7) is 0. The molecular weight excluding hydrogens is 365 g/mol. The molecule has 0 saturated carbocycles. The molecule has 92 valence electrons. The van der Waals surface area contributed by atoms with Gasteiger partial charge < -0.3 is 11.1 Å². The zero-order valence-electron chi connectivity index (χ0n) is 9.15. The number of pyridine rings is 1. The summed E-state index contributed by atoms with van der Waals surface area (Å²) in [6, 6.07) is 8.45. The Kier molecular flexibility index (Phi) is 4.03. The van der Waals surface area contributed by atoms with Gasteiger partial charge in [0.05, 0.1) is 16.9 Å². The topological polar surface area (TPSA) is 68.0 Å². The molecule has 0 aliphatic heterocycles. The summed E-state index contributed by atoms with van der Waals surface area (Å²) in [6.07, 6.45) is 1.50. The molecule has 0 unspecified atom stereocenters. The van der Waals surface area contributed by atoms with Crippen molar-refractivity contribution in [1.29, 1.82) is 0 Å². The van der Waals surface area contributed by atoms with Gasteiger partial charge in [-0.15, -0.1) is 0 Å². The van der Waals surface area contributed by atoms with Crippen molar-refractivity contribution in [1.82, 2.24) is 4.98 Å². The monoisotopic (exact) mass is 373 g/mol. The van der Waals surface area contributed by atoms with Crippen LogP contribution in [0.1, 0.15) is 10.4 Å². The fraction of sp³-hybridized carbons (Fsp3) is 0. The van der Waals surface area contributed by atoms with E-state index in [1.54, 1.807) is 30.3 Å². The van der Waals surface area contributed by atoms with Gasteiger partial charge in [-0.05, 0) is 52.9 Å². The number of hydrogen-bond donors (Lipinski definition) is 2. The standard InChI is InChI=1S/C12H9ClIN3O/c13-9-5-7(1-3-10(9)14)12(18)17-8-2-4-11(15)16-6-8/h1-6H,(H2,15,16)(H,17,18). The lowest BCUT2D eigenvalue weighted by Gasteiger charge is -2.06. The molecule has 2 rings (SSSR count). The van der Waals surface area contributed by atoms with Crippen LogP contribution in [0.4, 0.5) is 11.5 Å². The molecule has 0 aliphatic rings. The second-order valence-corrected chi connectivity index (χ2v) is 5.12. The van der Waals surface area contributed by atoms with Gasteiger partial charge in [0.25, 0.3) is 5.91 Å². The lowest BCUT2D eigenvalue weighted by Crippen LogP contribution is -2.12. The predicted molar refractivity (Wildman–Crippen MR) is 80.8 cm³/mol. The molecule has 0 spiro atoms. The van der Waals surface area contributed by atoms with Crippen molar-refractivity contribution in [2.24, 2.45) is 0 Å². The van der Waals surface area contributed by atoms with Crippen molar-refractivity contribution < 1.29 is 4.79 Å². The molecule has 18 heavy (non-hydrogen) atoms. The van der Waals surface area contributed by atoms with E-state index in [-0.39, 0.29) is 5.91 Å². The number of nitrogens with two attached hydrogens (primary N) is 1. The first-order valence-corrected chi connectivity index (χ1v) is 6.50. The maximum Gasteiger partial charge on any atom is 0.255 e. The molecule has 1 aromatic heterocycles. The van der Waals surface area contributed by atoms with Gasteiger partial charge in [0, 0.05) is 9.13 Å². The molecule has 1 heterocycles. The minimum Gasteiger partial charge on any atom is -0.384 e. The van der Waals surface area contributed by atoms with E-state index in [0.717, 1.165) is 3.57 Å². The molecule has 1 amide bonds. The number of hydrogen-bond acceptors (Lipinski definition) is 3. The number of halogens is 2. The number of carbonyl (C=O) groups excluding carboxylic acids is 1. The molecule has 2 aromatic rings. The number of nitrogens with one attached hydrogen (secondary N) is 1. The Morgan fingerprint density at radius 1 is 1.33 bits per heavy atom. The van der Waals surface area contributed by atoms with Gasteiger partial charge in [-0.3, -0.25) is 4.79 Å². The molecule has 0 bridgehead atoms. The van der Waals surface area contributed by atoms with Crippen LogP contribution in [0.25, 0.3) is 0 Å². The molecule has 3 N–H and O–H groups in total. The van der Waals surface area contributed by atoms with Crippen LogP contribution in [0.2, 0.25) is 5.02 Å². The lowest BCUT2D eigenvalue weighted by molar-refractivity contribution is 0.102. The number of amides is 1. The quantitative estimate of drug-likeness (QED) is 0.795. The van der Waals surface area contributed by atoms with Crippen LogP contribution in [-0.4, -0.2) is 10.9 Å². The van der Waals surface area contributed by atoms with Gasteiger partial charge in [-0.2, -0.15) is 0 Å². The highest BCUT2D eigenvalue weighted by Crippen LogP contribution is 2.20. The van der Waals surface area contributed by atoms with Gasteiger partial charge >= 0.3 is 0 Å². The number of anilines is 2. The Labute approximate surface area is 123 Å². The van der Waals surface area contributed by atoms with Crippen LogP contribution in [0, 0.1) is 3.57 Å². The number of nitrogens with zero attached hydrogens (tertiary/aromatic N) is 1. The van der Waals surface area contributed by atoms with Gasteiger partial charge in [0.1, 0.15) is 5.82 Å². The predicted octanol–water partition coefficient (Wildman–Crippen LogP) is 3.17. The highest BCUT2D eigenvalue weighted by molar-refractivity contribution is 14.1. The summed E-state index contributed by atoms with van der Waals surface area (Å²) in [7, 11) is 0. The summed E-state index contributed by atoms with van der Waals surface area (Å²) in [5.74, 6) is 0.171. The minimum absolute atomic E-state index is 0.236. The Balaban J connectivity index is 2.16. The fourth-order valence-corrected chi connectivity index (χ4v) is 1.84. The Morgan fingerprint density at radius 3 is 2.72 bits per heavy atom.